The summed E-state index contributed by atoms with van der Waals surface area (Å²) in [6.45, 7) is 1.90. The fourth-order valence-corrected chi connectivity index (χ4v) is 6.01. The smallest absolute Gasteiger partial charge is 0.247 e. The zero-order valence-electron chi connectivity index (χ0n) is 22.6. The minimum atomic E-state index is -0.736. The molecule has 0 bridgehead atoms. The van der Waals surface area contributed by atoms with E-state index in [1.54, 1.807) is 11.1 Å². The molecule has 2 heterocycles. The van der Waals surface area contributed by atoms with Crippen LogP contribution in [0.5, 0.6) is 0 Å². The molecule has 1 aromatic heterocycles. The Morgan fingerprint density at radius 3 is 2.74 bits per heavy atom. The summed E-state index contributed by atoms with van der Waals surface area (Å²) in [7, 11) is 0. The summed E-state index contributed by atoms with van der Waals surface area (Å²) in [5.41, 5.74) is 9.08. The molecule has 2 aromatic rings. The second-order valence-electron chi connectivity index (χ2n) is 11.3. The normalized spacial score (nSPS) is 22.9. The van der Waals surface area contributed by atoms with E-state index in [9.17, 15) is 9.59 Å². The highest BCUT2D eigenvalue weighted by Gasteiger charge is 2.53. The molecule has 2 atom stereocenters. The van der Waals surface area contributed by atoms with E-state index in [-0.39, 0.29) is 5.91 Å². The van der Waals surface area contributed by atoms with E-state index in [1.165, 1.54) is 38.3 Å². The molecule has 5 rings (SSSR count). The first-order valence-corrected chi connectivity index (χ1v) is 14.3. The summed E-state index contributed by atoms with van der Waals surface area (Å²) >= 11 is 0. The molecule has 3 aliphatic rings. The van der Waals surface area contributed by atoms with Gasteiger partial charge in [-0.15, -0.1) is 0 Å². The highest BCUT2D eigenvalue weighted by molar-refractivity contribution is 6.08. The fourth-order valence-electron chi connectivity index (χ4n) is 6.01. The molecule has 1 aliphatic heterocycles. The van der Waals surface area contributed by atoms with Gasteiger partial charge in [0.05, 0.1) is 5.92 Å². The van der Waals surface area contributed by atoms with Crippen LogP contribution in [0.15, 0.2) is 48.8 Å². The number of hydrogen-bond acceptors (Lipinski definition) is 7. The number of pyridine rings is 1. The van der Waals surface area contributed by atoms with Crippen LogP contribution in [0.2, 0.25) is 0 Å². The lowest BCUT2D eigenvalue weighted by Crippen LogP contribution is -2.50. The van der Waals surface area contributed by atoms with Crippen LogP contribution in [-0.4, -0.2) is 48.6 Å². The molecule has 1 amide bonds. The van der Waals surface area contributed by atoms with Crippen LogP contribution in [0.4, 0.5) is 11.5 Å². The average Bonchev–Trinajstić information content (AvgIpc) is 3.79. The van der Waals surface area contributed by atoms with Gasteiger partial charge in [-0.1, -0.05) is 43.5 Å². The number of benzene rings is 1. The van der Waals surface area contributed by atoms with E-state index in [1.807, 2.05) is 42.6 Å². The third-order valence-electron chi connectivity index (χ3n) is 8.61. The molecule has 0 spiro atoms. The van der Waals surface area contributed by atoms with Crippen molar-refractivity contribution in [3.8, 4) is 0 Å². The van der Waals surface area contributed by atoms with Gasteiger partial charge in [0.15, 0.2) is 0 Å². The lowest BCUT2D eigenvalue weighted by atomic mass is 9.89. The van der Waals surface area contributed by atoms with Crippen LogP contribution in [-0.2, 0) is 9.59 Å². The molecular weight excluding hydrogens is 488 g/mol. The first-order valence-electron chi connectivity index (χ1n) is 14.3. The minimum absolute atomic E-state index is 0.00646. The number of amides is 1. The summed E-state index contributed by atoms with van der Waals surface area (Å²) in [5.74, 6) is 1.21. The largest absolute Gasteiger partial charge is 0.390 e. The summed E-state index contributed by atoms with van der Waals surface area (Å²) in [6, 6.07) is 11.5. The second-order valence-corrected chi connectivity index (χ2v) is 11.3. The molecule has 8 heteroatoms. The second kappa shape index (κ2) is 12.1. The van der Waals surface area contributed by atoms with Crippen molar-refractivity contribution in [2.75, 3.05) is 29.9 Å². The Morgan fingerprint density at radius 1 is 1.18 bits per heavy atom. The van der Waals surface area contributed by atoms with Gasteiger partial charge < -0.3 is 31.5 Å². The number of carbonyl (C=O) groups excluding carboxylic acids is 2. The van der Waals surface area contributed by atoms with Crippen molar-refractivity contribution in [1.29, 1.82) is 5.41 Å². The van der Waals surface area contributed by atoms with Gasteiger partial charge in [0, 0.05) is 55.6 Å². The lowest BCUT2D eigenvalue weighted by molar-refractivity contribution is -0.122. The number of nitrogens with zero attached hydrogens (tertiary/aromatic N) is 2. The van der Waals surface area contributed by atoms with Gasteiger partial charge in [-0.05, 0) is 61.1 Å². The Kier molecular flexibility index (Phi) is 8.41. The number of allylic oxidation sites excluding steroid dienone is 1. The maximum absolute atomic E-state index is 13.1. The molecule has 1 aromatic carbocycles. The number of carbonyl (C=O) groups is 2. The first kappa shape index (κ1) is 27.1. The maximum Gasteiger partial charge on any atom is 0.247 e. The highest BCUT2D eigenvalue weighted by atomic mass is 16.2. The molecule has 8 nitrogen and oxygen atoms in total. The lowest BCUT2D eigenvalue weighted by Gasteiger charge is -2.23. The van der Waals surface area contributed by atoms with E-state index >= 15 is 0 Å². The third-order valence-corrected chi connectivity index (χ3v) is 8.61. The Bertz CT molecular complexity index is 1220. The quantitative estimate of drug-likeness (QED) is 0.238. The maximum atomic E-state index is 13.1. The van der Waals surface area contributed by atoms with E-state index in [2.05, 4.69) is 15.6 Å². The van der Waals surface area contributed by atoms with Crippen LogP contribution in [0, 0.1) is 17.2 Å². The number of hydrogen-bond donors (Lipinski definition) is 4. The predicted octanol–water partition coefficient (Wildman–Crippen LogP) is 4.48. The van der Waals surface area contributed by atoms with Crippen molar-refractivity contribution in [3.05, 3.63) is 59.9 Å². The van der Waals surface area contributed by atoms with Crippen LogP contribution in [0.25, 0.3) is 5.57 Å². The number of nitrogens with one attached hydrogen (secondary N) is 3. The van der Waals surface area contributed by atoms with Gasteiger partial charge in [0.2, 0.25) is 5.91 Å². The van der Waals surface area contributed by atoms with Crippen LogP contribution in [0.3, 0.4) is 0 Å². The number of aldehydes is 1. The van der Waals surface area contributed by atoms with Gasteiger partial charge >= 0.3 is 0 Å². The van der Waals surface area contributed by atoms with E-state index in [0.717, 1.165) is 48.1 Å². The molecule has 1 unspecified atom stereocenters. The molecule has 1 saturated heterocycles. The first-order chi connectivity index (χ1) is 19.0. The summed E-state index contributed by atoms with van der Waals surface area (Å²) < 4.78 is 0. The molecule has 5 N–H and O–H groups in total. The Hall–Kier alpha value is -3.52. The van der Waals surface area contributed by atoms with Crippen molar-refractivity contribution >= 4 is 35.5 Å². The highest BCUT2D eigenvalue weighted by Crippen LogP contribution is 2.44. The zero-order valence-corrected chi connectivity index (χ0v) is 22.6. The van der Waals surface area contributed by atoms with Crippen LogP contribution >= 0.6 is 0 Å². The van der Waals surface area contributed by atoms with E-state index in [0.29, 0.717) is 37.2 Å². The molecule has 206 valence electrons. The Morgan fingerprint density at radius 2 is 2.00 bits per heavy atom. The van der Waals surface area contributed by atoms with Gasteiger partial charge in [0.1, 0.15) is 17.6 Å². The van der Waals surface area contributed by atoms with Crippen molar-refractivity contribution in [2.45, 2.75) is 62.8 Å². The molecule has 2 saturated carbocycles. The molecule has 0 radical (unpaired) electrons. The zero-order chi connectivity index (χ0) is 27.2. The Labute approximate surface area is 231 Å². The predicted molar refractivity (Wildman–Crippen MR) is 156 cm³/mol. The monoisotopic (exact) mass is 528 g/mol. The summed E-state index contributed by atoms with van der Waals surface area (Å²) in [6.07, 6.45) is 15.1. The van der Waals surface area contributed by atoms with Crippen molar-refractivity contribution in [2.24, 2.45) is 17.6 Å². The SMILES string of the molecule is N=C/C(=C\NCC1CCCCC1)c1cccc(C(C=O)CNc2cc(N3CC[C@@](N)(C4CC4)C3=O)ccn2)c1. The van der Waals surface area contributed by atoms with Gasteiger partial charge in [0.25, 0.3) is 0 Å². The minimum Gasteiger partial charge on any atom is -0.390 e. The number of nitrogens with two attached hydrogens (primary N) is 1. The van der Waals surface area contributed by atoms with Crippen LogP contribution in [0.1, 0.15) is 68.4 Å². The van der Waals surface area contributed by atoms with Crippen LogP contribution < -0.4 is 21.3 Å². The van der Waals surface area contributed by atoms with Crippen molar-refractivity contribution in [1.82, 2.24) is 10.3 Å². The molecular formula is C31H40N6O2. The average molecular weight is 529 g/mol. The Balaban J connectivity index is 1.22. The molecule has 3 fully saturated rings. The summed E-state index contributed by atoms with van der Waals surface area (Å²) in [4.78, 5) is 31.3. The topological polar surface area (TPSA) is 124 Å². The number of anilines is 2. The van der Waals surface area contributed by atoms with Gasteiger partial charge in [-0.3, -0.25) is 4.79 Å². The van der Waals surface area contributed by atoms with Crippen molar-refractivity contribution < 1.29 is 9.59 Å². The molecule has 2 aliphatic carbocycles. The van der Waals surface area contributed by atoms with Crippen molar-refractivity contribution in [3.63, 3.8) is 0 Å². The van der Waals surface area contributed by atoms with Gasteiger partial charge in [-0.2, -0.15) is 0 Å². The van der Waals surface area contributed by atoms with Gasteiger partial charge in [-0.25, -0.2) is 4.98 Å². The number of rotatable bonds is 12. The van der Waals surface area contributed by atoms with E-state index in [4.69, 9.17) is 11.1 Å². The summed E-state index contributed by atoms with van der Waals surface area (Å²) in [5, 5.41) is 14.6. The number of aromatic nitrogens is 1. The molecule has 39 heavy (non-hydrogen) atoms. The standard InChI is InChI=1S/C31H40N6O2/c32-17-25(19-34-18-22-5-2-1-3-6-22)23-7-4-8-24(15-23)26(21-38)20-36-29-16-28(11-13-35-29)37-14-12-31(33,30(37)39)27-9-10-27/h4,7-8,11,13,15-17,19,21-22,26-27,32,34H,1-3,5-6,9-10,12,14,18,20,33H2,(H,35,36)/b25-19+,32-17?/t26?,31-/m1/s1. The third kappa shape index (κ3) is 6.22. The fraction of sp³-hybridized carbons (Fsp3) is 0.484. The van der Waals surface area contributed by atoms with E-state index < -0.39 is 11.5 Å².